The first kappa shape index (κ1) is 12.0. The van der Waals surface area contributed by atoms with Gasteiger partial charge in [0.05, 0.1) is 0 Å². The first-order valence-corrected chi connectivity index (χ1v) is 5.28. The Labute approximate surface area is 77.7 Å². The molecule has 0 aromatic rings. The second kappa shape index (κ2) is 5.58. The van der Waals surface area contributed by atoms with E-state index in [9.17, 15) is 0 Å². The van der Waals surface area contributed by atoms with Crippen LogP contribution in [0.1, 0.15) is 53.4 Å². The molecular weight excluding hydrogens is 146 g/mol. The van der Waals surface area contributed by atoms with E-state index in [1.807, 2.05) is 0 Å². The first-order valence-electron chi connectivity index (χ1n) is 5.28. The van der Waals surface area contributed by atoms with E-state index in [-0.39, 0.29) is 0 Å². The monoisotopic (exact) mass is 171 g/mol. The van der Waals surface area contributed by atoms with E-state index < -0.39 is 0 Å². The van der Waals surface area contributed by atoms with E-state index in [0.29, 0.717) is 11.3 Å². The summed E-state index contributed by atoms with van der Waals surface area (Å²) >= 11 is 0. The fourth-order valence-electron chi connectivity index (χ4n) is 1.32. The van der Waals surface area contributed by atoms with Crippen LogP contribution in [0.15, 0.2) is 0 Å². The first-order chi connectivity index (χ1) is 5.58. The van der Waals surface area contributed by atoms with Crippen molar-refractivity contribution in [1.29, 1.82) is 0 Å². The largest absolute Gasteiger partial charge is 0.330 e. The third-order valence-corrected chi connectivity index (χ3v) is 3.35. The Balaban J connectivity index is 3.72. The quantitative estimate of drug-likeness (QED) is 0.652. The second-order valence-corrected chi connectivity index (χ2v) is 4.40. The maximum atomic E-state index is 5.58. The minimum atomic E-state index is 0.559. The lowest BCUT2D eigenvalue weighted by atomic mass is 9.79. The zero-order chi connectivity index (χ0) is 9.61. The summed E-state index contributed by atoms with van der Waals surface area (Å²) in [6.45, 7) is 10.0. The second-order valence-electron chi connectivity index (χ2n) is 4.40. The molecule has 0 amide bonds. The van der Waals surface area contributed by atoms with Crippen molar-refractivity contribution in [2.24, 2.45) is 17.1 Å². The van der Waals surface area contributed by atoms with Gasteiger partial charge in [0.25, 0.3) is 0 Å². The van der Waals surface area contributed by atoms with E-state index in [4.69, 9.17) is 5.73 Å². The Kier molecular flexibility index (Phi) is 5.56. The smallest absolute Gasteiger partial charge is 0.00515 e. The van der Waals surface area contributed by atoms with Crippen molar-refractivity contribution < 1.29 is 0 Å². The van der Waals surface area contributed by atoms with Gasteiger partial charge in [0.15, 0.2) is 0 Å². The minimum Gasteiger partial charge on any atom is -0.330 e. The van der Waals surface area contributed by atoms with Gasteiger partial charge in [-0.2, -0.15) is 0 Å². The van der Waals surface area contributed by atoms with E-state index >= 15 is 0 Å². The number of rotatable bonds is 6. The molecule has 0 bridgehead atoms. The fraction of sp³-hybridized carbons (Fsp3) is 1.00. The van der Waals surface area contributed by atoms with Crippen LogP contribution in [0.2, 0.25) is 0 Å². The molecule has 1 nitrogen and oxygen atoms in total. The molecule has 0 aliphatic rings. The van der Waals surface area contributed by atoms with Gasteiger partial charge in [-0.05, 0) is 30.7 Å². The van der Waals surface area contributed by atoms with Gasteiger partial charge in [0.2, 0.25) is 0 Å². The molecule has 0 radical (unpaired) electrons. The molecule has 0 spiro atoms. The van der Waals surface area contributed by atoms with Gasteiger partial charge in [-0.1, -0.05) is 40.5 Å². The van der Waals surface area contributed by atoms with Crippen LogP contribution in [0, 0.1) is 11.3 Å². The van der Waals surface area contributed by atoms with Crippen molar-refractivity contribution >= 4 is 0 Å². The topological polar surface area (TPSA) is 26.0 Å². The SMILES string of the molecule is CCC(C)(CC)CCC(C)CN. The van der Waals surface area contributed by atoms with Gasteiger partial charge in [-0.15, -0.1) is 0 Å². The van der Waals surface area contributed by atoms with Crippen LogP contribution in [-0.2, 0) is 0 Å². The number of hydrogen-bond donors (Lipinski definition) is 1. The average molecular weight is 171 g/mol. The summed E-state index contributed by atoms with van der Waals surface area (Å²) in [4.78, 5) is 0. The molecule has 0 rings (SSSR count). The molecule has 0 aliphatic heterocycles. The molecule has 0 heterocycles. The molecular formula is C11H25N. The van der Waals surface area contributed by atoms with Gasteiger partial charge in [0, 0.05) is 0 Å². The van der Waals surface area contributed by atoms with Gasteiger partial charge < -0.3 is 5.73 Å². The van der Waals surface area contributed by atoms with E-state index in [1.54, 1.807) is 0 Å². The van der Waals surface area contributed by atoms with Crippen LogP contribution in [0.5, 0.6) is 0 Å². The standard InChI is InChI=1S/C11H25N/c1-5-11(4,6-2)8-7-10(3)9-12/h10H,5-9,12H2,1-4H3. The normalized spacial score (nSPS) is 14.8. The maximum Gasteiger partial charge on any atom is -0.00515 e. The Morgan fingerprint density at radius 3 is 2.08 bits per heavy atom. The molecule has 1 unspecified atom stereocenters. The van der Waals surface area contributed by atoms with Gasteiger partial charge >= 0.3 is 0 Å². The third kappa shape index (κ3) is 4.10. The van der Waals surface area contributed by atoms with E-state index in [0.717, 1.165) is 6.54 Å². The molecule has 1 atom stereocenters. The van der Waals surface area contributed by atoms with Crippen LogP contribution in [-0.4, -0.2) is 6.54 Å². The molecule has 1 heteroatoms. The highest BCUT2D eigenvalue weighted by molar-refractivity contribution is 4.71. The molecule has 74 valence electrons. The van der Waals surface area contributed by atoms with E-state index in [1.165, 1.54) is 25.7 Å². The molecule has 0 aromatic carbocycles. The fourth-order valence-corrected chi connectivity index (χ4v) is 1.32. The van der Waals surface area contributed by atoms with Crippen molar-refractivity contribution in [2.45, 2.75) is 53.4 Å². The Hall–Kier alpha value is -0.0400. The average Bonchev–Trinajstić information content (AvgIpc) is 2.13. The van der Waals surface area contributed by atoms with Crippen molar-refractivity contribution in [3.63, 3.8) is 0 Å². The van der Waals surface area contributed by atoms with Crippen LogP contribution < -0.4 is 5.73 Å². The highest BCUT2D eigenvalue weighted by Gasteiger charge is 2.19. The summed E-state index contributed by atoms with van der Waals surface area (Å²) in [7, 11) is 0. The lowest BCUT2D eigenvalue weighted by Crippen LogP contribution is -2.18. The lowest BCUT2D eigenvalue weighted by Gasteiger charge is -2.27. The summed E-state index contributed by atoms with van der Waals surface area (Å²) < 4.78 is 0. The van der Waals surface area contributed by atoms with Crippen molar-refractivity contribution in [3.8, 4) is 0 Å². The number of nitrogens with two attached hydrogens (primary N) is 1. The zero-order valence-corrected chi connectivity index (χ0v) is 9.19. The zero-order valence-electron chi connectivity index (χ0n) is 9.19. The van der Waals surface area contributed by atoms with Gasteiger partial charge in [0.1, 0.15) is 0 Å². The van der Waals surface area contributed by atoms with Crippen molar-refractivity contribution in [1.82, 2.24) is 0 Å². The maximum absolute atomic E-state index is 5.58. The van der Waals surface area contributed by atoms with Gasteiger partial charge in [-0.3, -0.25) is 0 Å². The molecule has 0 saturated carbocycles. The van der Waals surface area contributed by atoms with Crippen LogP contribution in [0.25, 0.3) is 0 Å². The summed E-state index contributed by atoms with van der Waals surface area (Å²) in [5.41, 5.74) is 6.14. The van der Waals surface area contributed by atoms with E-state index in [2.05, 4.69) is 27.7 Å². The lowest BCUT2D eigenvalue weighted by molar-refractivity contribution is 0.249. The minimum absolute atomic E-state index is 0.559. The molecule has 12 heavy (non-hydrogen) atoms. The predicted molar refractivity (Wildman–Crippen MR) is 56.1 cm³/mol. The highest BCUT2D eigenvalue weighted by atomic mass is 14.5. The molecule has 0 saturated heterocycles. The number of hydrogen-bond acceptors (Lipinski definition) is 1. The summed E-state index contributed by atoms with van der Waals surface area (Å²) in [6, 6.07) is 0. The van der Waals surface area contributed by atoms with Crippen molar-refractivity contribution in [3.05, 3.63) is 0 Å². The predicted octanol–water partition coefficient (Wildman–Crippen LogP) is 3.19. The van der Waals surface area contributed by atoms with Crippen molar-refractivity contribution in [2.75, 3.05) is 6.54 Å². The van der Waals surface area contributed by atoms with Crippen LogP contribution in [0.4, 0.5) is 0 Å². The highest BCUT2D eigenvalue weighted by Crippen LogP contribution is 2.32. The van der Waals surface area contributed by atoms with Crippen LogP contribution in [0.3, 0.4) is 0 Å². The Morgan fingerprint density at radius 1 is 1.25 bits per heavy atom. The third-order valence-electron chi connectivity index (χ3n) is 3.35. The summed E-state index contributed by atoms with van der Waals surface area (Å²) in [6.07, 6.45) is 5.20. The Bertz CT molecular complexity index is 106. The molecule has 2 N–H and O–H groups in total. The summed E-state index contributed by atoms with van der Waals surface area (Å²) in [5, 5.41) is 0. The molecule has 0 fully saturated rings. The van der Waals surface area contributed by atoms with Crippen LogP contribution >= 0.6 is 0 Å². The Morgan fingerprint density at radius 2 is 1.75 bits per heavy atom. The molecule has 0 aromatic heterocycles. The summed E-state index contributed by atoms with van der Waals surface area (Å²) in [5.74, 6) is 0.697. The van der Waals surface area contributed by atoms with Gasteiger partial charge in [-0.25, -0.2) is 0 Å². The molecule has 0 aliphatic carbocycles.